The monoisotopic (exact) mass is 320 g/mol. The zero-order valence-corrected chi connectivity index (χ0v) is 16.0. The summed E-state index contributed by atoms with van der Waals surface area (Å²) in [4.78, 5) is 0. The van der Waals surface area contributed by atoms with Crippen molar-refractivity contribution in [1.29, 1.82) is 0 Å². The van der Waals surface area contributed by atoms with E-state index in [1.165, 1.54) is 52.7 Å². The van der Waals surface area contributed by atoms with E-state index in [-0.39, 0.29) is 0 Å². The molecule has 1 aromatic carbocycles. The van der Waals surface area contributed by atoms with Crippen molar-refractivity contribution in [2.75, 3.05) is 0 Å². The predicted octanol–water partition coefficient (Wildman–Crippen LogP) is 7.24. The van der Waals surface area contributed by atoms with Crippen molar-refractivity contribution in [2.45, 2.75) is 66.2 Å². The first kappa shape index (κ1) is 18.5. The summed E-state index contributed by atoms with van der Waals surface area (Å²) in [5.74, 6) is 0.615. The Morgan fingerprint density at radius 1 is 1.12 bits per heavy atom. The average molecular weight is 321 g/mol. The van der Waals surface area contributed by atoms with Gasteiger partial charge in [0.25, 0.3) is 0 Å². The fourth-order valence-corrected chi connectivity index (χ4v) is 3.45. The minimum atomic E-state index is 0.615. The Morgan fingerprint density at radius 3 is 2.62 bits per heavy atom. The maximum Gasteiger partial charge on any atom is -0.00880 e. The fourth-order valence-electron chi connectivity index (χ4n) is 3.45. The minimum Gasteiger partial charge on any atom is -0.0798 e. The smallest absolute Gasteiger partial charge is 0.00880 e. The van der Waals surface area contributed by atoms with Crippen LogP contribution in [0.1, 0.15) is 73.8 Å². The second-order valence-corrected chi connectivity index (χ2v) is 7.03. The molecule has 0 fully saturated rings. The SMILES string of the molecule is C/C=C1/C=CCc2ccc(C)c(C(C)CCCC)ccc(C)cc21. The third kappa shape index (κ3) is 4.60. The Labute approximate surface area is 148 Å². The van der Waals surface area contributed by atoms with Crippen molar-refractivity contribution in [2.24, 2.45) is 0 Å². The molecule has 0 bridgehead atoms. The number of rotatable bonds is 4. The van der Waals surface area contributed by atoms with Crippen LogP contribution in [0.25, 0.3) is 5.57 Å². The molecule has 1 aliphatic carbocycles. The molecule has 24 heavy (non-hydrogen) atoms. The van der Waals surface area contributed by atoms with Crippen LogP contribution in [-0.4, -0.2) is 0 Å². The molecule has 1 aromatic rings. The molecule has 0 radical (unpaired) electrons. The van der Waals surface area contributed by atoms with E-state index in [0.29, 0.717) is 5.92 Å². The molecule has 2 rings (SSSR count). The standard InChI is InChI=1S/C24H32/c1-6-8-10-19(4)23-16-13-18(3)17-24-21(7-2)11-9-12-22(24)15-14-20(23)5/h7,9,11,13-17,19H,6,8,10,12H2,1-5H3/b15-14?,16-13?,18-13?,18-17?,20-14?,21-7-,22-15?,23-16?,23-20?,24-17?. The molecule has 0 spiro atoms. The molecule has 0 heterocycles. The second-order valence-electron chi connectivity index (χ2n) is 7.03. The van der Waals surface area contributed by atoms with Crippen LogP contribution >= 0.6 is 0 Å². The molecule has 0 amide bonds. The molecule has 0 N–H and O–H groups in total. The Balaban J connectivity index is 2.59. The zero-order valence-electron chi connectivity index (χ0n) is 16.0. The van der Waals surface area contributed by atoms with Crippen LogP contribution in [-0.2, 0) is 6.42 Å². The lowest BCUT2D eigenvalue weighted by Gasteiger charge is -2.15. The molecule has 0 heteroatoms. The molecule has 1 unspecified atom stereocenters. The van der Waals surface area contributed by atoms with Crippen LogP contribution in [0.5, 0.6) is 0 Å². The van der Waals surface area contributed by atoms with Gasteiger partial charge in [0.2, 0.25) is 0 Å². The van der Waals surface area contributed by atoms with Crippen molar-refractivity contribution in [3.05, 3.63) is 76.4 Å². The van der Waals surface area contributed by atoms with Gasteiger partial charge in [0.05, 0.1) is 0 Å². The van der Waals surface area contributed by atoms with Gasteiger partial charge in [0.15, 0.2) is 0 Å². The van der Waals surface area contributed by atoms with Crippen LogP contribution in [0, 0.1) is 13.8 Å². The fraction of sp³-hybridized carbons (Fsp3) is 0.417. The summed E-state index contributed by atoms with van der Waals surface area (Å²) in [7, 11) is 0. The minimum absolute atomic E-state index is 0.615. The molecule has 0 aliphatic heterocycles. The van der Waals surface area contributed by atoms with E-state index in [1.54, 1.807) is 0 Å². The summed E-state index contributed by atoms with van der Waals surface area (Å²) in [6, 6.07) is 11.6. The third-order valence-corrected chi connectivity index (χ3v) is 5.01. The largest absolute Gasteiger partial charge is 0.0798 e. The van der Waals surface area contributed by atoms with Gasteiger partial charge in [-0.05, 0) is 67.4 Å². The van der Waals surface area contributed by atoms with Gasteiger partial charge < -0.3 is 0 Å². The van der Waals surface area contributed by atoms with E-state index < -0.39 is 0 Å². The predicted molar refractivity (Wildman–Crippen MR) is 108 cm³/mol. The summed E-state index contributed by atoms with van der Waals surface area (Å²) >= 11 is 0. The molecule has 128 valence electrons. The van der Waals surface area contributed by atoms with Crippen molar-refractivity contribution >= 4 is 5.57 Å². The van der Waals surface area contributed by atoms with Gasteiger partial charge in [0, 0.05) is 0 Å². The molecule has 1 aliphatic rings. The van der Waals surface area contributed by atoms with Crippen molar-refractivity contribution < 1.29 is 0 Å². The molecule has 0 saturated carbocycles. The van der Waals surface area contributed by atoms with Gasteiger partial charge in [-0.3, -0.25) is 0 Å². The number of fused-ring (bicyclic) bond motifs is 1. The van der Waals surface area contributed by atoms with Crippen molar-refractivity contribution in [3.8, 4) is 0 Å². The lowest BCUT2D eigenvalue weighted by atomic mass is 9.90. The average Bonchev–Trinajstić information content (AvgIpc) is 2.58. The highest BCUT2D eigenvalue weighted by atomic mass is 14.1. The van der Waals surface area contributed by atoms with Crippen LogP contribution in [0.3, 0.4) is 0 Å². The van der Waals surface area contributed by atoms with Gasteiger partial charge in [-0.2, -0.15) is 0 Å². The number of allylic oxidation sites excluding steroid dienone is 4. The van der Waals surface area contributed by atoms with Crippen molar-refractivity contribution in [1.82, 2.24) is 0 Å². The quantitative estimate of drug-likeness (QED) is 0.548. The Bertz CT molecular complexity index is 687. The van der Waals surface area contributed by atoms with Crippen LogP contribution in [0.4, 0.5) is 0 Å². The maximum absolute atomic E-state index is 2.36. The van der Waals surface area contributed by atoms with E-state index in [2.05, 4.69) is 83.2 Å². The first-order valence-corrected chi connectivity index (χ1v) is 9.38. The Kier molecular flexibility index (Phi) is 6.85. The first-order valence-electron chi connectivity index (χ1n) is 9.38. The summed E-state index contributed by atoms with van der Waals surface area (Å²) < 4.78 is 0. The van der Waals surface area contributed by atoms with Gasteiger partial charge in [-0.1, -0.05) is 80.8 Å². The lowest BCUT2D eigenvalue weighted by Crippen LogP contribution is -1.97. The summed E-state index contributed by atoms with van der Waals surface area (Å²) in [6.07, 6.45) is 11.6. The second kappa shape index (κ2) is 8.87. The van der Waals surface area contributed by atoms with E-state index in [0.717, 1.165) is 6.42 Å². The summed E-state index contributed by atoms with van der Waals surface area (Å²) in [5.41, 5.74) is 8.31. The highest BCUT2D eigenvalue weighted by Gasteiger charge is 2.09. The topological polar surface area (TPSA) is 0 Å². The Hall–Kier alpha value is -1.82. The highest BCUT2D eigenvalue weighted by Crippen LogP contribution is 2.27. The van der Waals surface area contributed by atoms with E-state index in [4.69, 9.17) is 0 Å². The zero-order chi connectivity index (χ0) is 17.5. The van der Waals surface area contributed by atoms with Gasteiger partial charge in [-0.15, -0.1) is 0 Å². The lowest BCUT2D eigenvalue weighted by molar-refractivity contribution is 0.622. The van der Waals surface area contributed by atoms with Gasteiger partial charge in [0.1, 0.15) is 0 Å². The molecule has 0 saturated heterocycles. The van der Waals surface area contributed by atoms with Gasteiger partial charge in [-0.25, -0.2) is 0 Å². The molecular weight excluding hydrogens is 288 g/mol. The third-order valence-electron chi connectivity index (χ3n) is 5.01. The number of hydrogen-bond donors (Lipinski definition) is 0. The highest BCUT2D eigenvalue weighted by molar-refractivity contribution is 5.77. The number of aryl methyl sites for hydroxylation is 2. The normalized spacial score (nSPS) is 15.8. The molecule has 1 atom stereocenters. The Morgan fingerprint density at radius 2 is 1.92 bits per heavy atom. The van der Waals surface area contributed by atoms with E-state index in [1.807, 2.05) is 0 Å². The molecule has 0 nitrogen and oxygen atoms in total. The number of hydrogen-bond acceptors (Lipinski definition) is 0. The summed E-state index contributed by atoms with van der Waals surface area (Å²) in [5, 5.41) is 0. The van der Waals surface area contributed by atoms with E-state index in [9.17, 15) is 0 Å². The van der Waals surface area contributed by atoms with Crippen LogP contribution in [0.15, 0.2) is 48.6 Å². The van der Waals surface area contributed by atoms with E-state index >= 15 is 0 Å². The summed E-state index contributed by atoms with van der Waals surface area (Å²) in [6.45, 7) is 11.2. The first-order chi connectivity index (χ1) is 11.6. The number of unbranched alkanes of at least 4 members (excludes halogenated alkanes) is 1. The van der Waals surface area contributed by atoms with Crippen LogP contribution < -0.4 is 0 Å². The maximum atomic E-state index is 2.36. The van der Waals surface area contributed by atoms with Gasteiger partial charge >= 0.3 is 0 Å². The molecular formula is C24H32. The van der Waals surface area contributed by atoms with Crippen LogP contribution in [0.2, 0.25) is 0 Å². The molecule has 0 aromatic heterocycles. The van der Waals surface area contributed by atoms with Crippen molar-refractivity contribution in [3.63, 3.8) is 0 Å².